The molecule has 0 amide bonds. The lowest BCUT2D eigenvalue weighted by atomic mass is 9.98. The summed E-state index contributed by atoms with van der Waals surface area (Å²) in [5.41, 5.74) is -4.03. The first-order valence-electron chi connectivity index (χ1n) is 10.6. The Kier molecular flexibility index (Phi) is 6.06. The van der Waals surface area contributed by atoms with Crippen LogP contribution >= 0.6 is 22.7 Å². The van der Waals surface area contributed by atoms with Crippen LogP contribution in [0.1, 0.15) is 11.4 Å². The van der Waals surface area contributed by atoms with E-state index in [-0.39, 0.29) is 20.1 Å². The van der Waals surface area contributed by atoms with E-state index >= 15 is 17.6 Å². The number of halogens is 6. The van der Waals surface area contributed by atoms with Gasteiger partial charge in [-0.15, -0.1) is 0 Å². The Labute approximate surface area is 214 Å². The number of nitrogens with zero attached hydrogens (tertiary/aromatic N) is 2. The van der Waals surface area contributed by atoms with Crippen LogP contribution in [0.15, 0.2) is 60.7 Å². The van der Waals surface area contributed by atoms with Gasteiger partial charge < -0.3 is 9.47 Å². The zero-order chi connectivity index (χ0) is 26.6. The number of benzene rings is 2. The fraction of sp³-hybridized carbons (Fsp3) is 0.200. The maximum atomic E-state index is 15.5. The van der Waals surface area contributed by atoms with E-state index in [2.05, 4.69) is 9.97 Å². The van der Waals surface area contributed by atoms with Gasteiger partial charge in [0.05, 0.1) is 46.5 Å². The molecule has 0 fully saturated rings. The third-order valence-electron chi connectivity index (χ3n) is 5.78. The van der Waals surface area contributed by atoms with Crippen LogP contribution in [0.25, 0.3) is 32.0 Å². The fourth-order valence-corrected chi connectivity index (χ4v) is 5.83. The van der Waals surface area contributed by atoms with Crippen LogP contribution < -0.4 is 9.47 Å². The van der Waals surface area contributed by atoms with Crippen molar-refractivity contribution in [3.05, 3.63) is 72.1 Å². The largest absolute Gasteiger partial charge is 0.473 e. The number of hydrogen-bond donors (Lipinski definition) is 0. The fourth-order valence-electron chi connectivity index (χ4n) is 4.04. The van der Waals surface area contributed by atoms with Crippen molar-refractivity contribution in [2.75, 3.05) is 14.2 Å². The zero-order valence-corrected chi connectivity index (χ0v) is 20.7. The normalized spacial score (nSPS) is 17.7. The number of rotatable bonds is 6. The van der Waals surface area contributed by atoms with Gasteiger partial charge in [0.25, 0.3) is 10.4 Å². The molecule has 1 aliphatic carbocycles. The van der Waals surface area contributed by atoms with E-state index < -0.39 is 40.3 Å². The van der Waals surface area contributed by atoms with E-state index in [1.807, 2.05) is 0 Å². The third kappa shape index (κ3) is 3.72. The van der Waals surface area contributed by atoms with Crippen molar-refractivity contribution in [2.45, 2.75) is 17.8 Å². The number of alkyl halides is 6. The standard InChI is InChI=1S/C25H16F6N2O2S2/c1-34-21-32-17(19(36-21)13-9-5-3-6-10-13)15-16(24(28,29)25(30,31)23(15,26)27)18-20(37-22(33-18)35-2)14-11-7-4-8-12-14/h3-12H,1-2H3. The van der Waals surface area contributed by atoms with Crippen LogP contribution in [-0.4, -0.2) is 42.0 Å². The first kappa shape index (κ1) is 25.3. The van der Waals surface area contributed by atoms with Crippen LogP contribution in [0.3, 0.4) is 0 Å². The molecule has 2 aromatic heterocycles. The van der Waals surface area contributed by atoms with Gasteiger partial charge in [0, 0.05) is 0 Å². The number of ether oxygens (including phenoxy) is 2. The molecule has 0 atom stereocenters. The highest BCUT2D eigenvalue weighted by Crippen LogP contribution is 2.66. The molecule has 5 rings (SSSR count). The van der Waals surface area contributed by atoms with Crippen molar-refractivity contribution in [3.63, 3.8) is 0 Å². The van der Waals surface area contributed by atoms with E-state index in [0.717, 1.165) is 22.7 Å². The van der Waals surface area contributed by atoms with Gasteiger partial charge in [-0.05, 0) is 11.1 Å². The predicted molar refractivity (Wildman–Crippen MR) is 130 cm³/mol. The van der Waals surface area contributed by atoms with Gasteiger partial charge in [0.1, 0.15) is 0 Å². The summed E-state index contributed by atoms with van der Waals surface area (Å²) in [6, 6.07) is 15.8. The molecule has 2 aromatic carbocycles. The monoisotopic (exact) mass is 554 g/mol. The minimum Gasteiger partial charge on any atom is -0.473 e. The molecule has 12 heteroatoms. The second-order valence-corrected chi connectivity index (χ2v) is 9.85. The molecule has 4 aromatic rings. The minimum atomic E-state index is -5.76. The lowest BCUT2D eigenvalue weighted by Gasteiger charge is -2.25. The molecule has 0 spiro atoms. The Morgan fingerprint density at radius 1 is 0.595 bits per heavy atom. The summed E-state index contributed by atoms with van der Waals surface area (Å²) in [7, 11) is 2.42. The van der Waals surface area contributed by atoms with E-state index in [1.54, 1.807) is 36.4 Å². The summed E-state index contributed by atoms with van der Waals surface area (Å²) in [5, 5.41) is -0.316. The molecule has 192 valence electrons. The molecule has 1 aliphatic rings. The quantitative estimate of drug-likeness (QED) is 0.228. The van der Waals surface area contributed by atoms with Gasteiger partial charge in [-0.25, -0.2) is 9.97 Å². The summed E-state index contributed by atoms with van der Waals surface area (Å²) in [6.45, 7) is 0. The van der Waals surface area contributed by atoms with Crippen molar-refractivity contribution >= 4 is 33.8 Å². The topological polar surface area (TPSA) is 44.2 Å². The molecule has 0 radical (unpaired) electrons. The summed E-state index contributed by atoms with van der Waals surface area (Å²) in [6.07, 6.45) is 0. The van der Waals surface area contributed by atoms with E-state index in [1.165, 1.54) is 38.5 Å². The molecule has 0 saturated heterocycles. The Bertz CT molecular complexity index is 1370. The second kappa shape index (κ2) is 8.88. The lowest BCUT2D eigenvalue weighted by molar-refractivity contribution is -0.254. The first-order chi connectivity index (χ1) is 17.5. The van der Waals surface area contributed by atoms with Crippen molar-refractivity contribution in [1.82, 2.24) is 9.97 Å². The summed E-state index contributed by atoms with van der Waals surface area (Å²) < 4.78 is 102. The second-order valence-electron chi connectivity index (χ2n) is 7.93. The Balaban J connectivity index is 1.90. The maximum absolute atomic E-state index is 15.5. The van der Waals surface area contributed by atoms with Crippen LogP contribution in [0.2, 0.25) is 0 Å². The van der Waals surface area contributed by atoms with Gasteiger partial charge in [-0.3, -0.25) is 0 Å². The van der Waals surface area contributed by atoms with Crippen LogP contribution in [-0.2, 0) is 0 Å². The molecular formula is C25H16F6N2O2S2. The SMILES string of the molecule is COc1nc(C2=C(c3nc(OC)sc3-c3ccccc3)C(F)(F)C(F)(F)C2(F)F)c(-c2ccccc2)s1. The molecule has 4 nitrogen and oxygen atoms in total. The highest BCUT2D eigenvalue weighted by atomic mass is 32.1. The first-order valence-corrected chi connectivity index (χ1v) is 12.3. The van der Waals surface area contributed by atoms with Crippen molar-refractivity contribution in [2.24, 2.45) is 0 Å². The summed E-state index contributed by atoms with van der Waals surface area (Å²) >= 11 is 1.55. The van der Waals surface area contributed by atoms with Crippen LogP contribution in [0.4, 0.5) is 26.3 Å². The van der Waals surface area contributed by atoms with Crippen molar-refractivity contribution in [1.29, 1.82) is 0 Å². The molecule has 0 aliphatic heterocycles. The summed E-state index contributed by atoms with van der Waals surface area (Å²) in [4.78, 5) is 7.86. The predicted octanol–water partition coefficient (Wildman–Crippen LogP) is 7.78. The van der Waals surface area contributed by atoms with E-state index in [4.69, 9.17) is 9.47 Å². The molecule has 2 heterocycles. The van der Waals surface area contributed by atoms with E-state index in [9.17, 15) is 8.78 Å². The van der Waals surface area contributed by atoms with Gasteiger partial charge in [-0.2, -0.15) is 26.3 Å². The van der Waals surface area contributed by atoms with E-state index in [0.29, 0.717) is 11.1 Å². The molecular weight excluding hydrogens is 538 g/mol. The highest BCUT2D eigenvalue weighted by molar-refractivity contribution is 7.17. The third-order valence-corrected chi connectivity index (χ3v) is 7.91. The number of thiazole rings is 2. The average Bonchev–Trinajstić information content (AvgIpc) is 3.54. The maximum Gasteiger partial charge on any atom is 0.380 e. The van der Waals surface area contributed by atoms with Crippen LogP contribution in [0.5, 0.6) is 10.4 Å². The van der Waals surface area contributed by atoms with Gasteiger partial charge in [0.2, 0.25) is 0 Å². The molecule has 0 bridgehead atoms. The number of methoxy groups -OCH3 is 2. The molecule has 37 heavy (non-hydrogen) atoms. The van der Waals surface area contributed by atoms with Crippen molar-refractivity contribution in [3.8, 4) is 31.3 Å². The molecule has 0 unspecified atom stereocenters. The Morgan fingerprint density at radius 2 is 0.946 bits per heavy atom. The van der Waals surface area contributed by atoms with Crippen LogP contribution in [0, 0.1) is 0 Å². The zero-order valence-electron chi connectivity index (χ0n) is 19.1. The Hall–Kier alpha value is -3.38. The van der Waals surface area contributed by atoms with Crippen molar-refractivity contribution < 1.29 is 35.8 Å². The number of hydrogen-bond acceptors (Lipinski definition) is 6. The smallest absolute Gasteiger partial charge is 0.380 e. The average molecular weight is 555 g/mol. The number of allylic oxidation sites excluding steroid dienone is 2. The van der Waals surface area contributed by atoms with Gasteiger partial charge >= 0.3 is 17.8 Å². The van der Waals surface area contributed by atoms with Gasteiger partial charge in [-0.1, -0.05) is 83.3 Å². The Morgan fingerprint density at radius 3 is 1.27 bits per heavy atom. The molecule has 0 saturated carbocycles. The summed E-state index contributed by atoms with van der Waals surface area (Å²) in [5.74, 6) is -16.3. The highest BCUT2D eigenvalue weighted by Gasteiger charge is 2.81. The minimum absolute atomic E-state index is 0.0263. The molecule has 0 N–H and O–H groups in total. The van der Waals surface area contributed by atoms with Gasteiger partial charge in [0.15, 0.2) is 0 Å². The number of aromatic nitrogens is 2. The lowest BCUT2D eigenvalue weighted by Crippen LogP contribution is -2.49.